The number of nitrogens with zero attached hydrogens (tertiary/aromatic N) is 2. The zero-order valence-electron chi connectivity index (χ0n) is 12.2. The van der Waals surface area contributed by atoms with Crippen molar-refractivity contribution in [1.82, 2.24) is 10.1 Å². The van der Waals surface area contributed by atoms with Gasteiger partial charge in [-0.1, -0.05) is 11.2 Å². The van der Waals surface area contributed by atoms with E-state index in [1.165, 1.54) is 6.92 Å². The zero-order chi connectivity index (χ0) is 15.4. The van der Waals surface area contributed by atoms with Crippen LogP contribution in [0.4, 0.5) is 5.69 Å². The molecule has 0 aliphatic carbocycles. The minimum absolute atomic E-state index is 0.150. The summed E-state index contributed by atoms with van der Waals surface area (Å²) in [7, 11) is 1.69. The quantitative estimate of drug-likeness (QED) is 0.935. The molecule has 0 atom stereocenters. The topological polar surface area (TPSA) is 75.4 Å². The molecule has 2 aromatic rings. The number of carbonyl (C=O) groups is 2. The zero-order valence-corrected chi connectivity index (χ0v) is 12.2. The van der Waals surface area contributed by atoms with Crippen LogP contribution < -0.4 is 5.32 Å². The highest BCUT2D eigenvalue weighted by molar-refractivity contribution is 5.96. The van der Waals surface area contributed by atoms with Crippen molar-refractivity contribution in [2.24, 2.45) is 0 Å². The lowest BCUT2D eigenvalue weighted by atomic mass is 10.1. The van der Waals surface area contributed by atoms with Crippen LogP contribution in [0.3, 0.4) is 0 Å². The van der Waals surface area contributed by atoms with E-state index in [1.54, 1.807) is 49.2 Å². The molecule has 1 aromatic carbocycles. The Hall–Kier alpha value is -2.63. The van der Waals surface area contributed by atoms with Gasteiger partial charge in [0.15, 0.2) is 0 Å². The Morgan fingerprint density at radius 2 is 2.10 bits per heavy atom. The molecule has 2 rings (SSSR count). The van der Waals surface area contributed by atoms with E-state index < -0.39 is 0 Å². The minimum atomic E-state index is -0.175. The first-order valence-electron chi connectivity index (χ1n) is 6.51. The molecule has 1 aromatic heterocycles. The Balaban J connectivity index is 2.09. The second-order valence-electron chi connectivity index (χ2n) is 4.85. The Labute approximate surface area is 122 Å². The van der Waals surface area contributed by atoms with Gasteiger partial charge in [-0.15, -0.1) is 0 Å². The minimum Gasteiger partial charge on any atom is -0.361 e. The first kappa shape index (κ1) is 14.8. The summed E-state index contributed by atoms with van der Waals surface area (Å²) >= 11 is 0. The third-order valence-electron chi connectivity index (χ3n) is 2.85. The van der Waals surface area contributed by atoms with Crippen molar-refractivity contribution in [3.8, 4) is 0 Å². The van der Waals surface area contributed by atoms with Crippen molar-refractivity contribution in [3.63, 3.8) is 0 Å². The predicted molar refractivity (Wildman–Crippen MR) is 77.8 cm³/mol. The SMILES string of the molecule is CC(=O)Nc1cccc(C(=O)N(C)Cc2cc(C)on2)c1. The highest BCUT2D eigenvalue weighted by Crippen LogP contribution is 2.14. The van der Waals surface area contributed by atoms with Crippen LogP contribution in [-0.2, 0) is 11.3 Å². The molecule has 6 nitrogen and oxygen atoms in total. The van der Waals surface area contributed by atoms with E-state index in [2.05, 4.69) is 10.5 Å². The van der Waals surface area contributed by atoms with Crippen LogP contribution in [0, 0.1) is 6.92 Å². The van der Waals surface area contributed by atoms with Gasteiger partial charge >= 0.3 is 0 Å². The van der Waals surface area contributed by atoms with E-state index in [1.807, 2.05) is 0 Å². The molecule has 2 amide bonds. The number of aryl methyl sites for hydroxylation is 1. The van der Waals surface area contributed by atoms with Crippen LogP contribution in [0.25, 0.3) is 0 Å². The number of benzene rings is 1. The summed E-state index contributed by atoms with van der Waals surface area (Å²) in [4.78, 5) is 24.9. The van der Waals surface area contributed by atoms with Crippen molar-refractivity contribution in [2.45, 2.75) is 20.4 Å². The fraction of sp³-hybridized carbons (Fsp3) is 0.267. The van der Waals surface area contributed by atoms with Crippen LogP contribution in [0.1, 0.15) is 28.7 Å². The maximum atomic E-state index is 12.3. The van der Waals surface area contributed by atoms with Crippen molar-refractivity contribution in [1.29, 1.82) is 0 Å². The van der Waals surface area contributed by atoms with Crippen molar-refractivity contribution in [3.05, 3.63) is 47.3 Å². The van der Waals surface area contributed by atoms with E-state index in [9.17, 15) is 9.59 Å². The van der Waals surface area contributed by atoms with Gasteiger partial charge in [-0.25, -0.2) is 0 Å². The van der Waals surface area contributed by atoms with E-state index in [0.717, 1.165) is 0 Å². The monoisotopic (exact) mass is 287 g/mol. The lowest BCUT2D eigenvalue weighted by Crippen LogP contribution is -2.26. The van der Waals surface area contributed by atoms with Gasteiger partial charge in [-0.05, 0) is 25.1 Å². The number of hydrogen-bond donors (Lipinski definition) is 1. The molecule has 0 radical (unpaired) electrons. The summed E-state index contributed by atoms with van der Waals surface area (Å²) in [6.45, 7) is 3.59. The fourth-order valence-electron chi connectivity index (χ4n) is 1.96. The van der Waals surface area contributed by atoms with E-state index in [0.29, 0.717) is 29.2 Å². The molecule has 1 N–H and O–H groups in total. The molecule has 0 unspecified atom stereocenters. The van der Waals surface area contributed by atoms with Gasteiger partial charge in [0.1, 0.15) is 11.5 Å². The molecule has 0 saturated carbocycles. The molecular weight excluding hydrogens is 270 g/mol. The third kappa shape index (κ3) is 3.92. The number of aromatic nitrogens is 1. The molecule has 0 bridgehead atoms. The number of anilines is 1. The van der Waals surface area contributed by atoms with Gasteiger partial charge in [0.25, 0.3) is 5.91 Å². The third-order valence-corrected chi connectivity index (χ3v) is 2.85. The normalized spacial score (nSPS) is 10.2. The number of nitrogens with one attached hydrogen (secondary N) is 1. The van der Waals surface area contributed by atoms with Gasteiger partial charge in [0.2, 0.25) is 5.91 Å². The summed E-state index contributed by atoms with van der Waals surface area (Å²) in [5.41, 5.74) is 1.80. The molecule has 21 heavy (non-hydrogen) atoms. The van der Waals surface area contributed by atoms with Crippen LogP contribution in [-0.4, -0.2) is 28.9 Å². The van der Waals surface area contributed by atoms with Crippen molar-refractivity contribution >= 4 is 17.5 Å². The molecule has 0 aliphatic rings. The Bertz CT molecular complexity index is 664. The summed E-state index contributed by atoms with van der Waals surface area (Å²) in [6.07, 6.45) is 0. The summed E-state index contributed by atoms with van der Waals surface area (Å²) in [5, 5.41) is 6.52. The molecule has 0 saturated heterocycles. The maximum Gasteiger partial charge on any atom is 0.254 e. The Morgan fingerprint density at radius 1 is 1.33 bits per heavy atom. The lowest BCUT2D eigenvalue weighted by Gasteiger charge is -2.16. The molecule has 1 heterocycles. The molecule has 6 heteroatoms. The Morgan fingerprint density at radius 3 is 2.71 bits per heavy atom. The van der Waals surface area contributed by atoms with Crippen LogP contribution in [0.5, 0.6) is 0 Å². The first-order valence-corrected chi connectivity index (χ1v) is 6.51. The summed E-state index contributed by atoms with van der Waals surface area (Å²) in [5.74, 6) is 0.382. The summed E-state index contributed by atoms with van der Waals surface area (Å²) < 4.78 is 4.98. The second-order valence-corrected chi connectivity index (χ2v) is 4.85. The molecule has 0 spiro atoms. The van der Waals surface area contributed by atoms with E-state index in [-0.39, 0.29) is 11.8 Å². The lowest BCUT2D eigenvalue weighted by molar-refractivity contribution is -0.114. The second kappa shape index (κ2) is 6.21. The number of amides is 2. The van der Waals surface area contributed by atoms with Crippen LogP contribution >= 0.6 is 0 Å². The Kier molecular flexibility index (Phi) is 4.37. The number of rotatable bonds is 4. The maximum absolute atomic E-state index is 12.3. The van der Waals surface area contributed by atoms with Crippen molar-refractivity contribution in [2.75, 3.05) is 12.4 Å². The standard InChI is InChI=1S/C15H17N3O3/c1-10-7-14(17-21-10)9-18(3)15(20)12-5-4-6-13(8-12)16-11(2)19/h4-8H,9H2,1-3H3,(H,16,19). The highest BCUT2D eigenvalue weighted by Gasteiger charge is 2.14. The van der Waals surface area contributed by atoms with Crippen molar-refractivity contribution < 1.29 is 14.1 Å². The highest BCUT2D eigenvalue weighted by atomic mass is 16.5. The largest absolute Gasteiger partial charge is 0.361 e. The number of hydrogen-bond acceptors (Lipinski definition) is 4. The van der Waals surface area contributed by atoms with Gasteiger partial charge in [0.05, 0.1) is 6.54 Å². The van der Waals surface area contributed by atoms with Crippen LogP contribution in [0.15, 0.2) is 34.9 Å². The van der Waals surface area contributed by atoms with Gasteiger partial charge < -0.3 is 14.7 Å². The average Bonchev–Trinajstić information content (AvgIpc) is 2.82. The molecule has 0 aliphatic heterocycles. The smallest absolute Gasteiger partial charge is 0.254 e. The van der Waals surface area contributed by atoms with Crippen LogP contribution in [0.2, 0.25) is 0 Å². The fourth-order valence-corrected chi connectivity index (χ4v) is 1.96. The molecule has 0 fully saturated rings. The van der Waals surface area contributed by atoms with E-state index >= 15 is 0 Å². The molecule has 110 valence electrons. The van der Waals surface area contributed by atoms with Gasteiger partial charge in [-0.3, -0.25) is 9.59 Å². The van der Waals surface area contributed by atoms with Gasteiger partial charge in [0, 0.05) is 31.3 Å². The van der Waals surface area contributed by atoms with Gasteiger partial charge in [-0.2, -0.15) is 0 Å². The molecular formula is C15H17N3O3. The van der Waals surface area contributed by atoms with E-state index in [4.69, 9.17) is 4.52 Å². The average molecular weight is 287 g/mol. The first-order chi connectivity index (χ1) is 9.95. The number of carbonyl (C=O) groups excluding carboxylic acids is 2. The predicted octanol–water partition coefficient (Wildman–Crippen LogP) is 2.21. The summed E-state index contributed by atoms with van der Waals surface area (Å²) in [6, 6.07) is 8.61.